The van der Waals surface area contributed by atoms with Gasteiger partial charge in [-0.05, 0) is 84.3 Å². The molecule has 0 aromatic heterocycles. The minimum Gasteiger partial charge on any atom is -0.354 e. The molecule has 7 nitrogen and oxygen atoms in total. The van der Waals surface area contributed by atoms with Gasteiger partial charge in [0.25, 0.3) is 10.0 Å². The molecule has 1 atom stereocenters. The summed E-state index contributed by atoms with van der Waals surface area (Å²) in [6.45, 7) is 6.15. The van der Waals surface area contributed by atoms with Crippen molar-refractivity contribution in [3.8, 4) is 0 Å². The maximum atomic E-state index is 14.0. The number of hydrogen-bond donors (Lipinski definition) is 1. The average molecular weight is 662 g/mol. The quantitative estimate of drug-likeness (QED) is 0.193. The molecule has 0 fully saturated rings. The number of nitrogens with one attached hydrogen (secondary N) is 1. The lowest BCUT2D eigenvalue weighted by molar-refractivity contribution is -0.140. The van der Waals surface area contributed by atoms with Crippen molar-refractivity contribution in [2.45, 2.75) is 57.5 Å². The number of amides is 2. The van der Waals surface area contributed by atoms with Crippen LogP contribution in [0, 0.1) is 10.5 Å². The summed E-state index contributed by atoms with van der Waals surface area (Å²) < 4.78 is 29.7. The van der Waals surface area contributed by atoms with Crippen LogP contribution >= 0.6 is 22.6 Å². The molecule has 3 aromatic carbocycles. The van der Waals surface area contributed by atoms with Gasteiger partial charge in [-0.25, -0.2) is 8.42 Å². The van der Waals surface area contributed by atoms with Gasteiger partial charge in [0.15, 0.2) is 0 Å². The third-order valence-corrected chi connectivity index (χ3v) is 8.92. The zero-order chi connectivity index (χ0) is 28.4. The van der Waals surface area contributed by atoms with Gasteiger partial charge in [0.05, 0.1) is 10.6 Å². The number of unbranched alkanes of at least 4 members (excludes halogenated alkanes) is 1. The average Bonchev–Trinajstić information content (AvgIpc) is 2.93. The summed E-state index contributed by atoms with van der Waals surface area (Å²) in [6.07, 6.45) is 2.17. The number of carbonyl (C=O) groups is 2. The summed E-state index contributed by atoms with van der Waals surface area (Å²) >= 11 is 2.15. The zero-order valence-corrected chi connectivity index (χ0v) is 25.6. The van der Waals surface area contributed by atoms with Crippen molar-refractivity contribution in [3.63, 3.8) is 0 Å². The van der Waals surface area contributed by atoms with E-state index in [1.54, 1.807) is 42.5 Å². The smallest absolute Gasteiger partial charge is 0.264 e. The molecule has 0 spiro atoms. The van der Waals surface area contributed by atoms with Crippen molar-refractivity contribution in [3.05, 3.63) is 93.6 Å². The van der Waals surface area contributed by atoms with Gasteiger partial charge in [-0.3, -0.25) is 13.9 Å². The molecule has 208 valence electrons. The first-order chi connectivity index (χ1) is 18.7. The van der Waals surface area contributed by atoms with Crippen molar-refractivity contribution in [2.75, 3.05) is 17.4 Å². The number of halogens is 1. The van der Waals surface area contributed by atoms with E-state index in [1.165, 1.54) is 17.0 Å². The molecular formula is C30H36IN3O4S. The third kappa shape index (κ3) is 8.28. The molecule has 9 heteroatoms. The van der Waals surface area contributed by atoms with E-state index < -0.39 is 28.5 Å². The van der Waals surface area contributed by atoms with Crippen molar-refractivity contribution in [1.82, 2.24) is 10.2 Å². The predicted molar refractivity (Wildman–Crippen MR) is 164 cm³/mol. The van der Waals surface area contributed by atoms with Crippen LogP contribution in [0.4, 0.5) is 5.69 Å². The maximum absolute atomic E-state index is 14.0. The minimum atomic E-state index is -4.06. The molecule has 3 aromatic rings. The predicted octanol–water partition coefficient (Wildman–Crippen LogP) is 5.52. The standard InChI is InChI=1S/C30H36IN3O4S/c1-4-6-20-32-30(36)28(5-2)33(21-24-14-12-23(3)13-15-24)29(35)22-34(26-18-16-25(31)17-19-26)39(37,38)27-10-8-7-9-11-27/h7-19,28H,4-6,20-22H2,1-3H3,(H,32,36). The number of carbonyl (C=O) groups excluding carboxylic acids is 2. The van der Waals surface area contributed by atoms with Crippen molar-refractivity contribution < 1.29 is 18.0 Å². The first-order valence-corrected chi connectivity index (χ1v) is 15.6. The number of rotatable bonds is 13. The molecule has 0 aliphatic heterocycles. The molecule has 39 heavy (non-hydrogen) atoms. The second-order valence-corrected chi connectivity index (χ2v) is 12.5. The first kappa shape index (κ1) is 30.6. The van der Waals surface area contributed by atoms with E-state index >= 15 is 0 Å². The van der Waals surface area contributed by atoms with Crippen LogP contribution in [0.3, 0.4) is 0 Å². The summed E-state index contributed by atoms with van der Waals surface area (Å²) in [5, 5.41) is 2.95. The summed E-state index contributed by atoms with van der Waals surface area (Å²) in [7, 11) is -4.06. The molecule has 0 bridgehead atoms. The largest absolute Gasteiger partial charge is 0.354 e. The number of hydrogen-bond acceptors (Lipinski definition) is 4. The molecule has 0 aliphatic carbocycles. The molecule has 2 amide bonds. The first-order valence-electron chi connectivity index (χ1n) is 13.1. The van der Waals surface area contributed by atoms with Crippen LogP contribution in [0.1, 0.15) is 44.2 Å². The minimum absolute atomic E-state index is 0.0887. The van der Waals surface area contributed by atoms with Gasteiger partial charge in [0.2, 0.25) is 11.8 Å². The number of sulfonamides is 1. The van der Waals surface area contributed by atoms with E-state index in [0.29, 0.717) is 18.7 Å². The highest BCUT2D eigenvalue weighted by Crippen LogP contribution is 2.25. The van der Waals surface area contributed by atoms with Crippen molar-refractivity contribution in [2.24, 2.45) is 0 Å². The van der Waals surface area contributed by atoms with Crippen LogP contribution in [-0.2, 0) is 26.2 Å². The zero-order valence-electron chi connectivity index (χ0n) is 22.6. The van der Waals surface area contributed by atoms with E-state index in [4.69, 9.17) is 0 Å². The normalized spacial score (nSPS) is 12.0. The van der Waals surface area contributed by atoms with Crippen LogP contribution < -0.4 is 9.62 Å². The van der Waals surface area contributed by atoms with Gasteiger partial charge in [0, 0.05) is 16.7 Å². The molecule has 0 radical (unpaired) electrons. The number of aryl methyl sites for hydroxylation is 1. The third-order valence-electron chi connectivity index (χ3n) is 6.41. The summed E-state index contributed by atoms with van der Waals surface area (Å²) in [6, 6.07) is 22.1. The highest BCUT2D eigenvalue weighted by atomic mass is 127. The Hall–Kier alpha value is -2.92. The van der Waals surface area contributed by atoms with Crippen LogP contribution in [0.15, 0.2) is 83.8 Å². The molecule has 1 N–H and O–H groups in total. The lowest BCUT2D eigenvalue weighted by Crippen LogP contribution is -2.52. The fourth-order valence-corrected chi connectivity index (χ4v) is 5.97. The summed E-state index contributed by atoms with van der Waals surface area (Å²) in [4.78, 5) is 28.8. The molecular weight excluding hydrogens is 625 g/mol. The molecule has 3 rings (SSSR count). The van der Waals surface area contributed by atoms with Crippen LogP contribution in [0.25, 0.3) is 0 Å². The Morgan fingerprint density at radius 3 is 2.15 bits per heavy atom. The lowest BCUT2D eigenvalue weighted by atomic mass is 10.1. The van der Waals surface area contributed by atoms with Crippen molar-refractivity contribution in [1.29, 1.82) is 0 Å². The Bertz CT molecular complexity index is 1330. The van der Waals surface area contributed by atoms with E-state index in [9.17, 15) is 18.0 Å². The highest BCUT2D eigenvalue weighted by molar-refractivity contribution is 14.1. The fraction of sp³-hybridized carbons (Fsp3) is 0.333. The van der Waals surface area contributed by atoms with E-state index in [2.05, 4.69) is 27.9 Å². The molecule has 1 unspecified atom stereocenters. The number of benzene rings is 3. The fourth-order valence-electron chi connectivity index (χ4n) is 4.17. The van der Waals surface area contributed by atoms with Gasteiger partial charge >= 0.3 is 0 Å². The van der Waals surface area contributed by atoms with Crippen LogP contribution in [0.5, 0.6) is 0 Å². The molecule has 0 aliphatic rings. The van der Waals surface area contributed by atoms with E-state index in [1.807, 2.05) is 45.0 Å². The Morgan fingerprint density at radius 2 is 1.56 bits per heavy atom. The van der Waals surface area contributed by atoms with Crippen LogP contribution in [-0.4, -0.2) is 44.3 Å². The summed E-state index contributed by atoms with van der Waals surface area (Å²) in [5.74, 6) is -0.690. The van der Waals surface area contributed by atoms with Crippen LogP contribution in [0.2, 0.25) is 0 Å². The highest BCUT2D eigenvalue weighted by Gasteiger charge is 2.33. The van der Waals surface area contributed by atoms with Gasteiger partial charge in [0.1, 0.15) is 12.6 Å². The summed E-state index contributed by atoms with van der Waals surface area (Å²) in [5.41, 5.74) is 2.32. The second-order valence-electron chi connectivity index (χ2n) is 9.38. The Balaban J connectivity index is 2.01. The lowest BCUT2D eigenvalue weighted by Gasteiger charge is -2.33. The molecule has 0 heterocycles. The Kier molecular flexibility index (Phi) is 11.4. The van der Waals surface area contributed by atoms with Gasteiger partial charge in [-0.2, -0.15) is 0 Å². The Labute approximate surface area is 245 Å². The number of anilines is 1. The van der Waals surface area contributed by atoms with Crippen molar-refractivity contribution >= 4 is 50.1 Å². The SMILES string of the molecule is CCCCNC(=O)C(CC)N(Cc1ccc(C)cc1)C(=O)CN(c1ccc(I)cc1)S(=O)(=O)c1ccccc1. The van der Waals surface area contributed by atoms with Gasteiger partial charge in [-0.15, -0.1) is 0 Å². The molecule has 0 saturated carbocycles. The topological polar surface area (TPSA) is 86.8 Å². The van der Waals surface area contributed by atoms with Gasteiger partial charge < -0.3 is 10.2 Å². The molecule has 0 saturated heterocycles. The van der Waals surface area contributed by atoms with E-state index in [-0.39, 0.29) is 17.3 Å². The number of nitrogens with zero attached hydrogens (tertiary/aromatic N) is 2. The Morgan fingerprint density at radius 1 is 0.923 bits per heavy atom. The van der Waals surface area contributed by atoms with E-state index in [0.717, 1.165) is 31.8 Å². The maximum Gasteiger partial charge on any atom is 0.264 e. The monoisotopic (exact) mass is 661 g/mol. The second kappa shape index (κ2) is 14.5. The van der Waals surface area contributed by atoms with Gasteiger partial charge in [-0.1, -0.05) is 68.3 Å².